The molecule has 0 aliphatic carbocycles. The molecule has 0 saturated carbocycles. The Kier molecular flexibility index (Phi) is 5.68. The molecule has 0 aliphatic heterocycles. The summed E-state index contributed by atoms with van der Waals surface area (Å²) in [5, 5.41) is 0. The first-order valence-electron chi connectivity index (χ1n) is 7.23. The van der Waals surface area contributed by atoms with E-state index in [0.29, 0.717) is 17.1 Å². The van der Waals surface area contributed by atoms with Crippen LogP contribution in [0.15, 0.2) is 48.5 Å². The van der Waals surface area contributed by atoms with Gasteiger partial charge in [0.25, 0.3) is 5.78 Å². The smallest absolute Gasteiger partial charge is 0.379 e. The monoisotopic (exact) mass is 328 g/mol. The van der Waals surface area contributed by atoms with Crippen molar-refractivity contribution in [2.24, 2.45) is 0 Å². The van der Waals surface area contributed by atoms with Crippen molar-refractivity contribution in [3.63, 3.8) is 0 Å². The Bertz CT molecular complexity index is 748. The van der Waals surface area contributed by atoms with Crippen LogP contribution in [-0.2, 0) is 14.3 Å². The number of Topliss-reactive ketones (excluding diaryl/α,β-unsaturated/α-hetero) is 1. The molecule has 124 valence electrons. The van der Waals surface area contributed by atoms with Crippen molar-refractivity contribution in [2.45, 2.75) is 6.92 Å². The highest BCUT2D eigenvalue weighted by Gasteiger charge is 2.17. The molecular formula is C18H16O6. The molecule has 0 bridgehead atoms. The summed E-state index contributed by atoms with van der Waals surface area (Å²) >= 11 is 0. The highest BCUT2D eigenvalue weighted by Crippen LogP contribution is 2.23. The normalized spacial score (nSPS) is 9.92. The zero-order chi connectivity index (χ0) is 17.5. The molecule has 0 aliphatic rings. The molecule has 0 fully saturated rings. The summed E-state index contributed by atoms with van der Waals surface area (Å²) in [5.74, 6) is -1.16. The lowest BCUT2D eigenvalue weighted by Crippen LogP contribution is -2.17. The lowest BCUT2D eigenvalue weighted by atomic mass is 10.1. The SMILES string of the molecule is CCOC(=O)C(=O)c1ccc(Oc2cccc(C(=O)OC)c2)cc1. The van der Waals surface area contributed by atoms with E-state index >= 15 is 0 Å². The van der Waals surface area contributed by atoms with Gasteiger partial charge in [-0.2, -0.15) is 0 Å². The van der Waals surface area contributed by atoms with Crippen molar-refractivity contribution in [2.75, 3.05) is 13.7 Å². The van der Waals surface area contributed by atoms with Crippen LogP contribution in [0.25, 0.3) is 0 Å². The molecule has 0 amide bonds. The molecule has 6 heteroatoms. The van der Waals surface area contributed by atoms with Gasteiger partial charge in [0.1, 0.15) is 11.5 Å². The number of rotatable bonds is 6. The van der Waals surface area contributed by atoms with Crippen LogP contribution in [0.5, 0.6) is 11.5 Å². The number of ether oxygens (including phenoxy) is 3. The molecule has 6 nitrogen and oxygen atoms in total. The first-order valence-corrected chi connectivity index (χ1v) is 7.23. The van der Waals surface area contributed by atoms with Crippen molar-refractivity contribution in [3.8, 4) is 11.5 Å². The van der Waals surface area contributed by atoms with Crippen LogP contribution >= 0.6 is 0 Å². The van der Waals surface area contributed by atoms with Gasteiger partial charge in [-0.05, 0) is 49.4 Å². The van der Waals surface area contributed by atoms with Crippen LogP contribution < -0.4 is 4.74 Å². The number of carbonyl (C=O) groups excluding carboxylic acids is 3. The van der Waals surface area contributed by atoms with Crippen molar-refractivity contribution in [3.05, 3.63) is 59.7 Å². The molecule has 2 aromatic carbocycles. The minimum absolute atomic E-state index is 0.141. The van der Waals surface area contributed by atoms with Gasteiger partial charge in [-0.15, -0.1) is 0 Å². The Hall–Kier alpha value is -3.15. The zero-order valence-electron chi connectivity index (χ0n) is 13.3. The number of carbonyl (C=O) groups is 3. The summed E-state index contributed by atoms with van der Waals surface area (Å²) < 4.78 is 14.9. The molecule has 0 N–H and O–H groups in total. The van der Waals surface area contributed by atoms with E-state index in [4.69, 9.17) is 4.74 Å². The third-order valence-corrected chi connectivity index (χ3v) is 3.07. The third kappa shape index (κ3) is 4.19. The van der Waals surface area contributed by atoms with E-state index in [0.717, 1.165) is 0 Å². The number of hydrogen-bond donors (Lipinski definition) is 0. The molecule has 0 aromatic heterocycles. The van der Waals surface area contributed by atoms with E-state index in [2.05, 4.69) is 9.47 Å². The van der Waals surface area contributed by atoms with Gasteiger partial charge in [0.2, 0.25) is 0 Å². The molecule has 0 atom stereocenters. The molecule has 0 spiro atoms. The summed E-state index contributed by atoms with van der Waals surface area (Å²) in [5.41, 5.74) is 0.577. The van der Waals surface area contributed by atoms with Crippen LogP contribution in [0.1, 0.15) is 27.6 Å². The second-order valence-corrected chi connectivity index (χ2v) is 4.70. The maximum absolute atomic E-state index is 11.8. The maximum Gasteiger partial charge on any atom is 0.379 e. The van der Waals surface area contributed by atoms with Gasteiger partial charge in [-0.1, -0.05) is 6.07 Å². The number of methoxy groups -OCH3 is 1. The van der Waals surface area contributed by atoms with Crippen molar-refractivity contribution in [1.82, 2.24) is 0 Å². The second kappa shape index (κ2) is 7.92. The highest BCUT2D eigenvalue weighted by molar-refractivity contribution is 6.40. The summed E-state index contributed by atoms with van der Waals surface area (Å²) in [6.07, 6.45) is 0. The maximum atomic E-state index is 11.8. The minimum atomic E-state index is -0.892. The number of esters is 2. The van der Waals surface area contributed by atoms with Gasteiger partial charge in [0, 0.05) is 5.56 Å². The quantitative estimate of drug-likeness (QED) is 0.461. The first kappa shape index (κ1) is 17.2. The van der Waals surface area contributed by atoms with Gasteiger partial charge >= 0.3 is 11.9 Å². The molecular weight excluding hydrogens is 312 g/mol. The predicted octanol–water partition coefficient (Wildman–Crippen LogP) is 3.01. The molecule has 0 radical (unpaired) electrons. The van der Waals surface area contributed by atoms with E-state index in [1.807, 2.05) is 0 Å². The van der Waals surface area contributed by atoms with Crippen LogP contribution in [0, 0.1) is 0 Å². The van der Waals surface area contributed by atoms with Crippen molar-refractivity contribution >= 4 is 17.7 Å². The van der Waals surface area contributed by atoms with E-state index < -0.39 is 17.7 Å². The fourth-order valence-electron chi connectivity index (χ4n) is 1.93. The van der Waals surface area contributed by atoms with Crippen LogP contribution in [0.3, 0.4) is 0 Å². The van der Waals surface area contributed by atoms with Gasteiger partial charge in [-0.3, -0.25) is 4.79 Å². The van der Waals surface area contributed by atoms with E-state index in [9.17, 15) is 14.4 Å². The lowest BCUT2D eigenvalue weighted by molar-refractivity contribution is -0.137. The fourth-order valence-corrected chi connectivity index (χ4v) is 1.93. The van der Waals surface area contributed by atoms with E-state index in [1.165, 1.54) is 19.2 Å². The van der Waals surface area contributed by atoms with Crippen molar-refractivity contribution < 1.29 is 28.6 Å². The Morgan fingerprint density at radius 1 is 0.917 bits per heavy atom. The number of benzene rings is 2. The summed E-state index contributed by atoms with van der Waals surface area (Å²) in [6.45, 7) is 1.77. The predicted molar refractivity (Wildman–Crippen MR) is 85.3 cm³/mol. The molecule has 0 unspecified atom stereocenters. The summed E-state index contributed by atoms with van der Waals surface area (Å²) in [7, 11) is 1.30. The summed E-state index contributed by atoms with van der Waals surface area (Å²) in [6, 6.07) is 12.6. The molecule has 0 heterocycles. The number of ketones is 1. The van der Waals surface area contributed by atoms with Crippen LogP contribution in [0.4, 0.5) is 0 Å². The second-order valence-electron chi connectivity index (χ2n) is 4.70. The van der Waals surface area contributed by atoms with Crippen molar-refractivity contribution in [1.29, 1.82) is 0 Å². The lowest BCUT2D eigenvalue weighted by Gasteiger charge is -2.08. The Morgan fingerprint density at radius 2 is 1.62 bits per heavy atom. The first-order chi connectivity index (χ1) is 11.5. The molecule has 0 saturated heterocycles. The molecule has 2 rings (SSSR count). The third-order valence-electron chi connectivity index (χ3n) is 3.07. The van der Waals surface area contributed by atoms with Gasteiger partial charge in [0.05, 0.1) is 19.3 Å². The highest BCUT2D eigenvalue weighted by atomic mass is 16.5. The van der Waals surface area contributed by atoms with Gasteiger partial charge in [0.15, 0.2) is 0 Å². The molecule has 24 heavy (non-hydrogen) atoms. The van der Waals surface area contributed by atoms with Crippen LogP contribution in [-0.4, -0.2) is 31.4 Å². The Balaban J connectivity index is 2.11. The number of hydrogen-bond acceptors (Lipinski definition) is 6. The van der Waals surface area contributed by atoms with E-state index in [1.54, 1.807) is 43.3 Å². The zero-order valence-corrected chi connectivity index (χ0v) is 13.3. The average molecular weight is 328 g/mol. The fraction of sp³-hybridized carbons (Fsp3) is 0.167. The summed E-state index contributed by atoms with van der Waals surface area (Å²) in [4.78, 5) is 34.7. The topological polar surface area (TPSA) is 78.9 Å². The average Bonchev–Trinajstić information content (AvgIpc) is 2.61. The van der Waals surface area contributed by atoms with E-state index in [-0.39, 0.29) is 12.2 Å². The van der Waals surface area contributed by atoms with Gasteiger partial charge in [-0.25, -0.2) is 9.59 Å². The Morgan fingerprint density at radius 3 is 2.25 bits per heavy atom. The largest absolute Gasteiger partial charge is 0.465 e. The minimum Gasteiger partial charge on any atom is -0.465 e. The Labute approximate surface area is 139 Å². The van der Waals surface area contributed by atoms with Gasteiger partial charge < -0.3 is 14.2 Å². The molecule has 2 aromatic rings. The standard InChI is InChI=1S/C18H16O6/c1-3-23-18(21)16(19)12-7-9-14(10-8-12)24-15-6-4-5-13(11-15)17(20)22-2/h4-11H,3H2,1-2H3. The van der Waals surface area contributed by atoms with Crippen LogP contribution in [0.2, 0.25) is 0 Å².